The quantitative estimate of drug-likeness (QED) is 0.885. The zero-order valence-corrected chi connectivity index (χ0v) is 13.5. The van der Waals surface area contributed by atoms with Crippen LogP contribution in [0.1, 0.15) is 48.9 Å². The third-order valence-corrected chi connectivity index (χ3v) is 4.96. The molecule has 24 heavy (non-hydrogen) atoms. The van der Waals surface area contributed by atoms with Gasteiger partial charge in [-0.25, -0.2) is 4.79 Å². The van der Waals surface area contributed by atoms with Crippen LogP contribution in [0.4, 0.5) is 0 Å². The van der Waals surface area contributed by atoms with Gasteiger partial charge in [0.2, 0.25) is 5.91 Å². The first-order valence-electron chi connectivity index (χ1n) is 8.49. The molecule has 2 aliphatic heterocycles. The van der Waals surface area contributed by atoms with Crippen LogP contribution >= 0.6 is 0 Å². The first kappa shape index (κ1) is 16.5. The van der Waals surface area contributed by atoms with Crippen LogP contribution in [0.3, 0.4) is 0 Å². The van der Waals surface area contributed by atoms with Crippen molar-refractivity contribution >= 4 is 17.8 Å². The second kappa shape index (κ2) is 7.03. The van der Waals surface area contributed by atoms with Crippen molar-refractivity contribution < 1.29 is 19.5 Å². The van der Waals surface area contributed by atoms with Gasteiger partial charge in [-0.1, -0.05) is 31.0 Å². The number of carbonyl (C=O) groups excluding carboxylic acids is 2. The Morgan fingerprint density at radius 2 is 1.75 bits per heavy atom. The van der Waals surface area contributed by atoms with Crippen LogP contribution in [0.25, 0.3) is 0 Å². The predicted octanol–water partition coefficient (Wildman–Crippen LogP) is 1.80. The van der Waals surface area contributed by atoms with Crippen LogP contribution in [0.15, 0.2) is 30.3 Å². The van der Waals surface area contributed by atoms with Crippen molar-refractivity contribution in [1.82, 2.24) is 10.2 Å². The minimum absolute atomic E-state index is 0.0185. The van der Waals surface area contributed by atoms with Gasteiger partial charge in [0, 0.05) is 11.6 Å². The van der Waals surface area contributed by atoms with Crippen LogP contribution in [-0.4, -0.2) is 45.9 Å². The molecule has 1 aromatic rings. The van der Waals surface area contributed by atoms with Gasteiger partial charge in [0.25, 0.3) is 5.91 Å². The molecule has 2 saturated heterocycles. The van der Waals surface area contributed by atoms with Gasteiger partial charge in [0.05, 0.1) is 0 Å². The molecule has 2 heterocycles. The molecule has 0 radical (unpaired) electrons. The van der Waals surface area contributed by atoms with Crippen LogP contribution in [0, 0.1) is 0 Å². The molecule has 0 aliphatic carbocycles. The number of benzene rings is 1. The van der Waals surface area contributed by atoms with Gasteiger partial charge in [0.1, 0.15) is 12.1 Å². The summed E-state index contributed by atoms with van der Waals surface area (Å²) >= 11 is 0. The standard InChI is InChI=1S/C18H22N2O4/c21-16(12-6-2-1-3-7-12)19-14-9-5-4-8-13-10-11-15(18(23)24)20(13)17(14)22/h1-3,6-7,13-15H,4-5,8-11H2,(H,19,21)(H,23,24)/t13-,14-,15-/m0/s1. The van der Waals surface area contributed by atoms with E-state index in [1.807, 2.05) is 6.07 Å². The Bertz CT molecular complexity index is 631. The fraction of sp³-hybridized carbons (Fsp3) is 0.500. The molecule has 2 aliphatic rings. The van der Waals surface area contributed by atoms with Gasteiger partial charge < -0.3 is 15.3 Å². The third kappa shape index (κ3) is 3.27. The molecule has 0 spiro atoms. The summed E-state index contributed by atoms with van der Waals surface area (Å²) in [6, 6.07) is 7.32. The Morgan fingerprint density at radius 3 is 2.46 bits per heavy atom. The topological polar surface area (TPSA) is 86.7 Å². The number of carboxylic acid groups (broad SMARTS) is 1. The van der Waals surface area contributed by atoms with Gasteiger partial charge >= 0.3 is 5.97 Å². The van der Waals surface area contributed by atoms with E-state index in [9.17, 15) is 19.5 Å². The van der Waals surface area contributed by atoms with E-state index in [2.05, 4.69) is 5.32 Å². The molecule has 0 bridgehead atoms. The molecule has 3 atom stereocenters. The Balaban J connectivity index is 1.78. The van der Waals surface area contributed by atoms with Crippen molar-refractivity contribution in [3.05, 3.63) is 35.9 Å². The van der Waals surface area contributed by atoms with Gasteiger partial charge in [-0.3, -0.25) is 9.59 Å². The van der Waals surface area contributed by atoms with Crippen molar-refractivity contribution in [2.45, 2.75) is 56.7 Å². The van der Waals surface area contributed by atoms with E-state index < -0.39 is 18.1 Å². The number of fused-ring (bicyclic) bond motifs is 1. The van der Waals surface area contributed by atoms with E-state index in [1.165, 1.54) is 4.90 Å². The highest BCUT2D eigenvalue weighted by Gasteiger charge is 2.43. The van der Waals surface area contributed by atoms with Gasteiger partial charge in [-0.15, -0.1) is 0 Å². The molecule has 1 aromatic carbocycles. The zero-order chi connectivity index (χ0) is 17.1. The Morgan fingerprint density at radius 1 is 1.04 bits per heavy atom. The number of hydrogen-bond acceptors (Lipinski definition) is 3. The van der Waals surface area contributed by atoms with E-state index in [0.29, 0.717) is 18.4 Å². The zero-order valence-electron chi connectivity index (χ0n) is 13.5. The van der Waals surface area contributed by atoms with Crippen molar-refractivity contribution in [3.63, 3.8) is 0 Å². The maximum absolute atomic E-state index is 12.9. The Kier molecular flexibility index (Phi) is 4.83. The van der Waals surface area contributed by atoms with Gasteiger partial charge in [-0.2, -0.15) is 0 Å². The summed E-state index contributed by atoms with van der Waals surface area (Å²) in [4.78, 5) is 38.3. The van der Waals surface area contributed by atoms with Crippen LogP contribution in [-0.2, 0) is 9.59 Å². The molecule has 6 nitrogen and oxygen atoms in total. The van der Waals surface area contributed by atoms with E-state index in [0.717, 1.165) is 25.7 Å². The Labute approximate surface area is 140 Å². The molecule has 0 saturated carbocycles. The smallest absolute Gasteiger partial charge is 0.326 e. The maximum atomic E-state index is 12.9. The number of hydrogen-bond donors (Lipinski definition) is 2. The molecule has 128 valence electrons. The molecule has 2 N–H and O–H groups in total. The molecule has 6 heteroatoms. The number of amides is 2. The van der Waals surface area contributed by atoms with Crippen molar-refractivity contribution in [2.24, 2.45) is 0 Å². The SMILES string of the molecule is O=C(N[C@H]1CCCC[C@H]2CC[C@@H](C(=O)O)N2C1=O)c1ccccc1. The van der Waals surface area contributed by atoms with Crippen molar-refractivity contribution in [1.29, 1.82) is 0 Å². The summed E-state index contributed by atoms with van der Waals surface area (Å²) in [5.41, 5.74) is 0.500. The summed E-state index contributed by atoms with van der Waals surface area (Å²) in [5, 5.41) is 12.2. The number of nitrogens with one attached hydrogen (secondary N) is 1. The largest absolute Gasteiger partial charge is 0.480 e. The summed E-state index contributed by atoms with van der Waals surface area (Å²) < 4.78 is 0. The highest BCUT2D eigenvalue weighted by atomic mass is 16.4. The number of aliphatic carboxylic acids is 1. The molecular formula is C18H22N2O4. The minimum atomic E-state index is -0.959. The summed E-state index contributed by atoms with van der Waals surface area (Å²) in [5.74, 6) is -1.51. The molecular weight excluding hydrogens is 308 g/mol. The lowest BCUT2D eigenvalue weighted by molar-refractivity contribution is -0.151. The fourth-order valence-electron chi connectivity index (χ4n) is 3.74. The monoisotopic (exact) mass is 330 g/mol. The van der Waals surface area contributed by atoms with E-state index in [4.69, 9.17) is 0 Å². The molecule has 2 fully saturated rings. The molecule has 2 amide bonds. The van der Waals surface area contributed by atoms with Crippen LogP contribution < -0.4 is 5.32 Å². The maximum Gasteiger partial charge on any atom is 0.326 e. The average Bonchev–Trinajstić information content (AvgIpc) is 3.00. The van der Waals surface area contributed by atoms with Gasteiger partial charge in [-0.05, 0) is 37.8 Å². The fourth-order valence-corrected chi connectivity index (χ4v) is 3.74. The summed E-state index contributed by atoms with van der Waals surface area (Å²) in [7, 11) is 0. The Hall–Kier alpha value is -2.37. The molecule has 3 rings (SSSR count). The van der Waals surface area contributed by atoms with Crippen molar-refractivity contribution in [3.8, 4) is 0 Å². The number of rotatable bonds is 3. The summed E-state index contributed by atoms with van der Waals surface area (Å²) in [6.07, 6.45) is 4.40. The number of nitrogens with zero attached hydrogens (tertiary/aromatic N) is 1. The first-order valence-corrected chi connectivity index (χ1v) is 8.49. The van der Waals surface area contributed by atoms with E-state index in [-0.39, 0.29) is 17.9 Å². The van der Waals surface area contributed by atoms with Gasteiger partial charge in [0.15, 0.2) is 0 Å². The third-order valence-electron chi connectivity index (χ3n) is 4.96. The number of carbonyl (C=O) groups is 3. The van der Waals surface area contributed by atoms with Crippen molar-refractivity contribution in [2.75, 3.05) is 0 Å². The lowest BCUT2D eigenvalue weighted by Gasteiger charge is -2.34. The molecule has 0 unspecified atom stereocenters. The highest BCUT2D eigenvalue weighted by Crippen LogP contribution is 2.31. The highest BCUT2D eigenvalue weighted by molar-refractivity contribution is 5.98. The lowest BCUT2D eigenvalue weighted by atomic mass is 9.98. The molecule has 0 aromatic heterocycles. The van der Waals surface area contributed by atoms with Crippen LogP contribution in [0.2, 0.25) is 0 Å². The minimum Gasteiger partial charge on any atom is -0.480 e. The predicted molar refractivity (Wildman–Crippen MR) is 87.5 cm³/mol. The van der Waals surface area contributed by atoms with E-state index >= 15 is 0 Å². The first-order chi connectivity index (χ1) is 11.6. The second-order valence-corrected chi connectivity index (χ2v) is 6.51. The second-order valence-electron chi connectivity index (χ2n) is 6.51. The normalized spacial score (nSPS) is 27.1. The summed E-state index contributed by atoms with van der Waals surface area (Å²) in [6.45, 7) is 0. The van der Waals surface area contributed by atoms with Crippen LogP contribution in [0.5, 0.6) is 0 Å². The number of carboxylic acids is 1. The van der Waals surface area contributed by atoms with E-state index in [1.54, 1.807) is 24.3 Å². The lowest BCUT2D eigenvalue weighted by Crippen LogP contribution is -2.54. The average molecular weight is 330 g/mol.